The molecule has 1 rings (SSSR count). The summed E-state index contributed by atoms with van der Waals surface area (Å²) >= 11 is 0. The molecule has 0 aliphatic carbocycles. The highest BCUT2D eigenvalue weighted by molar-refractivity contribution is 5.89. The SMILES string of the molecule is CCCN(CC)c1ccc(C(=O)OCC)cc1. The number of esters is 1. The van der Waals surface area contributed by atoms with E-state index in [4.69, 9.17) is 4.74 Å². The van der Waals surface area contributed by atoms with Gasteiger partial charge in [-0.2, -0.15) is 0 Å². The standard InChI is InChI=1S/C14H21NO2/c1-4-11-15(5-2)13-9-7-12(8-10-13)14(16)17-6-3/h7-10H,4-6,11H2,1-3H3. The lowest BCUT2D eigenvalue weighted by Gasteiger charge is -2.22. The first-order valence-corrected chi connectivity index (χ1v) is 6.25. The summed E-state index contributed by atoms with van der Waals surface area (Å²) in [5.41, 5.74) is 1.77. The molecule has 3 heteroatoms. The van der Waals surface area contributed by atoms with Crippen molar-refractivity contribution in [1.82, 2.24) is 0 Å². The average molecular weight is 235 g/mol. The highest BCUT2D eigenvalue weighted by Gasteiger charge is 2.07. The van der Waals surface area contributed by atoms with Gasteiger partial charge in [0.15, 0.2) is 0 Å². The Hall–Kier alpha value is -1.51. The van der Waals surface area contributed by atoms with E-state index in [1.165, 1.54) is 0 Å². The normalized spacial score (nSPS) is 10.1. The van der Waals surface area contributed by atoms with Crippen LogP contribution < -0.4 is 4.90 Å². The predicted molar refractivity (Wildman–Crippen MR) is 70.6 cm³/mol. The van der Waals surface area contributed by atoms with E-state index in [1.807, 2.05) is 31.2 Å². The number of benzene rings is 1. The molecule has 0 spiro atoms. The summed E-state index contributed by atoms with van der Waals surface area (Å²) in [5.74, 6) is -0.252. The number of hydrogen-bond acceptors (Lipinski definition) is 3. The monoisotopic (exact) mass is 235 g/mol. The number of carbonyl (C=O) groups is 1. The minimum Gasteiger partial charge on any atom is -0.462 e. The Bertz CT molecular complexity index is 346. The van der Waals surface area contributed by atoms with Crippen molar-refractivity contribution in [3.05, 3.63) is 29.8 Å². The Morgan fingerprint density at radius 3 is 2.29 bits per heavy atom. The zero-order valence-electron chi connectivity index (χ0n) is 10.9. The summed E-state index contributed by atoms with van der Waals surface area (Å²) in [7, 11) is 0. The van der Waals surface area contributed by atoms with Gasteiger partial charge >= 0.3 is 5.97 Å². The molecule has 0 heterocycles. The van der Waals surface area contributed by atoms with Gasteiger partial charge in [0.1, 0.15) is 0 Å². The van der Waals surface area contributed by atoms with Crippen molar-refractivity contribution in [2.75, 3.05) is 24.6 Å². The number of hydrogen-bond donors (Lipinski definition) is 0. The minimum atomic E-state index is -0.252. The van der Waals surface area contributed by atoms with Crippen molar-refractivity contribution in [3.8, 4) is 0 Å². The topological polar surface area (TPSA) is 29.5 Å². The molecule has 0 radical (unpaired) electrons. The molecule has 0 bridgehead atoms. The Kier molecular flexibility index (Phi) is 5.53. The molecule has 0 N–H and O–H groups in total. The first-order chi connectivity index (χ1) is 8.22. The molecule has 0 aliphatic rings. The van der Waals surface area contributed by atoms with Crippen LogP contribution in [0.5, 0.6) is 0 Å². The van der Waals surface area contributed by atoms with Crippen LogP contribution in [0.1, 0.15) is 37.6 Å². The van der Waals surface area contributed by atoms with Crippen molar-refractivity contribution in [2.24, 2.45) is 0 Å². The molecule has 0 unspecified atom stereocenters. The average Bonchev–Trinajstić information content (AvgIpc) is 2.36. The van der Waals surface area contributed by atoms with Crippen molar-refractivity contribution in [1.29, 1.82) is 0 Å². The number of nitrogens with zero attached hydrogens (tertiary/aromatic N) is 1. The smallest absolute Gasteiger partial charge is 0.338 e. The van der Waals surface area contributed by atoms with Crippen LogP contribution in [0.2, 0.25) is 0 Å². The zero-order chi connectivity index (χ0) is 12.7. The molecule has 0 saturated carbocycles. The van der Waals surface area contributed by atoms with Gasteiger partial charge in [-0.05, 0) is 44.5 Å². The van der Waals surface area contributed by atoms with E-state index < -0.39 is 0 Å². The molecule has 1 aromatic rings. The second kappa shape index (κ2) is 6.94. The second-order valence-electron chi connectivity index (χ2n) is 3.85. The summed E-state index contributed by atoms with van der Waals surface area (Å²) in [4.78, 5) is 13.8. The van der Waals surface area contributed by atoms with Gasteiger partial charge in [-0.15, -0.1) is 0 Å². The molecule has 1 aromatic carbocycles. The van der Waals surface area contributed by atoms with E-state index in [0.717, 1.165) is 25.2 Å². The fraction of sp³-hybridized carbons (Fsp3) is 0.500. The van der Waals surface area contributed by atoms with Crippen LogP contribution >= 0.6 is 0 Å². The van der Waals surface area contributed by atoms with Crippen LogP contribution in [0.15, 0.2) is 24.3 Å². The first kappa shape index (κ1) is 13.6. The van der Waals surface area contributed by atoms with Crippen molar-refractivity contribution >= 4 is 11.7 Å². The summed E-state index contributed by atoms with van der Waals surface area (Å²) in [6.45, 7) is 8.54. The largest absolute Gasteiger partial charge is 0.462 e. The third kappa shape index (κ3) is 3.77. The molecule has 0 aromatic heterocycles. The molecule has 17 heavy (non-hydrogen) atoms. The van der Waals surface area contributed by atoms with Crippen molar-refractivity contribution in [3.63, 3.8) is 0 Å². The minimum absolute atomic E-state index is 0.252. The maximum atomic E-state index is 11.5. The summed E-state index contributed by atoms with van der Waals surface area (Å²) < 4.78 is 4.95. The van der Waals surface area contributed by atoms with Crippen LogP contribution in [0, 0.1) is 0 Å². The molecule has 0 atom stereocenters. The molecular weight excluding hydrogens is 214 g/mol. The van der Waals surface area contributed by atoms with Gasteiger partial charge in [0.2, 0.25) is 0 Å². The van der Waals surface area contributed by atoms with Gasteiger partial charge in [0, 0.05) is 18.8 Å². The summed E-state index contributed by atoms with van der Waals surface area (Å²) in [6.07, 6.45) is 1.12. The summed E-state index contributed by atoms with van der Waals surface area (Å²) in [6, 6.07) is 7.61. The zero-order valence-corrected chi connectivity index (χ0v) is 10.9. The van der Waals surface area contributed by atoms with E-state index in [9.17, 15) is 4.79 Å². The van der Waals surface area contributed by atoms with Crippen LogP contribution in [0.25, 0.3) is 0 Å². The van der Waals surface area contributed by atoms with E-state index in [-0.39, 0.29) is 5.97 Å². The van der Waals surface area contributed by atoms with Crippen LogP contribution in [0.4, 0.5) is 5.69 Å². The number of ether oxygens (including phenoxy) is 1. The van der Waals surface area contributed by atoms with Crippen molar-refractivity contribution < 1.29 is 9.53 Å². The number of carbonyl (C=O) groups excluding carboxylic acids is 1. The Labute approximate surface area is 103 Å². The van der Waals surface area contributed by atoms with Gasteiger partial charge in [-0.3, -0.25) is 0 Å². The Balaban J connectivity index is 2.76. The Morgan fingerprint density at radius 2 is 1.82 bits per heavy atom. The highest BCUT2D eigenvalue weighted by atomic mass is 16.5. The van der Waals surface area contributed by atoms with E-state index in [2.05, 4.69) is 18.7 Å². The highest BCUT2D eigenvalue weighted by Crippen LogP contribution is 2.16. The third-order valence-corrected chi connectivity index (χ3v) is 2.62. The van der Waals surface area contributed by atoms with E-state index >= 15 is 0 Å². The van der Waals surface area contributed by atoms with Crippen LogP contribution in [0.3, 0.4) is 0 Å². The maximum Gasteiger partial charge on any atom is 0.338 e. The van der Waals surface area contributed by atoms with Crippen LogP contribution in [-0.2, 0) is 4.74 Å². The van der Waals surface area contributed by atoms with Crippen LogP contribution in [-0.4, -0.2) is 25.7 Å². The third-order valence-electron chi connectivity index (χ3n) is 2.62. The lowest BCUT2D eigenvalue weighted by molar-refractivity contribution is 0.0526. The first-order valence-electron chi connectivity index (χ1n) is 6.25. The number of rotatable bonds is 6. The summed E-state index contributed by atoms with van der Waals surface area (Å²) in [5, 5.41) is 0. The van der Waals surface area contributed by atoms with E-state index in [1.54, 1.807) is 0 Å². The fourth-order valence-corrected chi connectivity index (χ4v) is 1.76. The van der Waals surface area contributed by atoms with Gasteiger partial charge in [-0.25, -0.2) is 4.79 Å². The molecule has 0 saturated heterocycles. The Morgan fingerprint density at radius 1 is 1.18 bits per heavy atom. The van der Waals surface area contributed by atoms with Gasteiger partial charge < -0.3 is 9.64 Å². The van der Waals surface area contributed by atoms with Crippen molar-refractivity contribution in [2.45, 2.75) is 27.2 Å². The van der Waals surface area contributed by atoms with Gasteiger partial charge in [0.05, 0.1) is 12.2 Å². The molecular formula is C14H21NO2. The molecule has 3 nitrogen and oxygen atoms in total. The fourth-order valence-electron chi connectivity index (χ4n) is 1.76. The van der Waals surface area contributed by atoms with Gasteiger partial charge in [0.25, 0.3) is 0 Å². The lowest BCUT2D eigenvalue weighted by Crippen LogP contribution is -2.23. The molecule has 94 valence electrons. The van der Waals surface area contributed by atoms with E-state index in [0.29, 0.717) is 12.2 Å². The molecule has 0 amide bonds. The molecule has 0 fully saturated rings. The second-order valence-corrected chi connectivity index (χ2v) is 3.85. The lowest BCUT2D eigenvalue weighted by atomic mass is 10.2. The van der Waals surface area contributed by atoms with Gasteiger partial charge in [-0.1, -0.05) is 6.92 Å². The predicted octanol–water partition coefficient (Wildman–Crippen LogP) is 3.10. The maximum absolute atomic E-state index is 11.5. The molecule has 0 aliphatic heterocycles. The number of anilines is 1. The quantitative estimate of drug-likeness (QED) is 0.710.